The van der Waals surface area contributed by atoms with Gasteiger partial charge in [-0.15, -0.1) is 0 Å². The third-order valence-corrected chi connectivity index (χ3v) is 3.84. The molecule has 1 heterocycles. The molecule has 0 radical (unpaired) electrons. The third-order valence-electron chi connectivity index (χ3n) is 3.12. The van der Waals surface area contributed by atoms with E-state index in [0.717, 1.165) is 25.8 Å². The van der Waals surface area contributed by atoms with Crippen molar-refractivity contribution in [3.05, 3.63) is 33.4 Å². The van der Waals surface area contributed by atoms with Crippen molar-refractivity contribution in [2.24, 2.45) is 0 Å². The Morgan fingerprint density at radius 3 is 2.75 bits per heavy atom. The van der Waals surface area contributed by atoms with Crippen LogP contribution in [0.3, 0.4) is 0 Å². The summed E-state index contributed by atoms with van der Waals surface area (Å²) < 4.78 is 1.26. The van der Waals surface area contributed by atoms with Crippen LogP contribution in [0.4, 0.5) is 0 Å². The van der Waals surface area contributed by atoms with Gasteiger partial charge in [0.1, 0.15) is 6.29 Å². The highest BCUT2D eigenvalue weighted by atomic mass is 127. The van der Waals surface area contributed by atoms with Gasteiger partial charge in [0.05, 0.1) is 6.04 Å². The van der Waals surface area contributed by atoms with Crippen molar-refractivity contribution in [3.63, 3.8) is 0 Å². The molecule has 0 saturated carbocycles. The molecule has 16 heavy (non-hydrogen) atoms. The number of aldehydes is 1. The fraction of sp³-hybridized carbons (Fsp3) is 0.462. The lowest BCUT2D eigenvalue weighted by Crippen LogP contribution is -2.39. The van der Waals surface area contributed by atoms with Crippen molar-refractivity contribution in [3.8, 4) is 0 Å². The smallest absolute Gasteiger partial charge is 0.137 e. The fourth-order valence-electron chi connectivity index (χ4n) is 2.19. The predicted molar refractivity (Wildman–Crippen MR) is 73.3 cm³/mol. The van der Waals surface area contributed by atoms with E-state index in [1.165, 1.54) is 22.0 Å². The van der Waals surface area contributed by atoms with Crippen molar-refractivity contribution in [1.29, 1.82) is 0 Å². The predicted octanol–water partition coefficient (Wildman–Crippen LogP) is 2.84. The monoisotopic (exact) mass is 329 g/mol. The molecule has 0 N–H and O–H groups in total. The second-order valence-corrected chi connectivity index (χ2v) is 5.54. The zero-order valence-electron chi connectivity index (χ0n) is 9.23. The van der Waals surface area contributed by atoms with Crippen molar-refractivity contribution >= 4 is 28.9 Å². The molecule has 1 aromatic rings. The molecule has 86 valence electrons. The van der Waals surface area contributed by atoms with Crippen LogP contribution in [0.5, 0.6) is 0 Å². The number of benzene rings is 1. The van der Waals surface area contributed by atoms with E-state index in [9.17, 15) is 4.79 Å². The Labute approximate surface area is 110 Å². The Morgan fingerprint density at radius 2 is 2.06 bits per heavy atom. The highest BCUT2D eigenvalue weighted by molar-refractivity contribution is 14.1. The van der Waals surface area contributed by atoms with Crippen molar-refractivity contribution < 1.29 is 4.79 Å². The Morgan fingerprint density at radius 1 is 1.31 bits per heavy atom. The van der Waals surface area contributed by atoms with Gasteiger partial charge in [0.25, 0.3) is 0 Å². The maximum absolute atomic E-state index is 11.0. The molecular weight excluding hydrogens is 313 g/mol. The Hall–Kier alpha value is -0.420. The van der Waals surface area contributed by atoms with E-state index >= 15 is 0 Å². The first kappa shape index (κ1) is 12.0. The van der Waals surface area contributed by atoms with E-state index in [0.29, 0.717) is 0 Å². The zero-order valence-corrected chi connectivity index (χ0v) is 11.4. The van der Waals surface area contributed by atoms with Crippen molar-refractivity contribution in [2.75, 3.05) is 6.54 Å². The van der Waals surface area contributed by atoms with E-state index in [-0.39, 0.29) is 6.04 Å². The van der Waals surface area contributed by atoms with Crippen LogP contribution in [-0.2, 0) is 11.3 Å². The third kappa shape index (κ3) is 3.04. The first-order valence-corrected chi connectivity index (χ1v) is 6.81. The van der Waals surface area contributed by atoms with Crippen LogP contribution in [0, 0.1) is 3.57 Å². The summed E-state index contributed by atoms with van der Waals surface area (Å²) in [5, 5.41) is 0. The summed E-state index contributed by atoms with van der Waals surface area (Å²) in [6.07, 6.45) is 4.53. The minimum absolute atomic E-state index is 0.132. The molecule has 2 nitrogen and oxygen atoms in total. The number of hydrogen-bond donors (Lipinski definition) is 0. The van der Waals surface area contributed by atoms with Crippen molar-refractivity contribution in [1.82, 2.24) is 4.90 Å². The quantitative estimate of drug-likeness (QED) is 0.628. The van der Waals surface area contributed by atoms with Gasteiger partial charge in [0.15, 0.2) is 0 Å². The first-order chi connectivity index (χ1) is 7.79. The molecule has 2 rings (SSSR count). The summed E-state index contributed by atoms with van der Waals surface area (Å²) in [7, 11) is 0. The lowest BCUT2D eigenvalue weighted by molar-refractivity contribution is -0.113. The van der Waals surface area contributed by atoms with Gasteiger partial charge >= 0.3 is 0 Å². The highest BCUT2D eigenvalue weighted by Gasteiger charge is 2.21. The van der Waals surface area contributed by atoms with Crippen LogP contribution >= 0.6 is 22.6 Å². The average molecular weight is 329 g/mol. The van der Waals surface area contributed by atoms with E-state index in [2.05, 4.69) is 51.8 Å². The zero-order chi connectivity index (χ0) is 11.4. The number of rotatable bonds is 3. The summed E-state index contributed by atoms with van der Waals surface area (Å²) in [5.74, 6) is 0. The Balaban J connectivity index is 2.02. The highest BCUT2D eigenvalue weighted by Crippen LogP contribution is 2.18. The Bertz CT molecular complexity index is 349. The standard InChI is InChI=1S/C13H16INO/c14-12-6-4-11(5-7-12)9-15-8-2-1-3-13(15)10-16/h4-7,10,13H,1-3,8-9H2. The first-order valence-electron chi connectivity index (χ1n) is 5.73. The van der Waals surface area contributed by atoms with Gasteiger partial charge < -0.3 is 4.79 Å². The molecule has 1 atom stereocenters. The fourth-order valence-corrected chi connectivity index (χ4v) is 2.55. The second kappa shape index (κ2) is 5.77. The molecular formula is C13H16INO. The van der Waals surface area contributed by atoms with Crippen LogP contribution in [0.1, 0.15) is 24.8 Å². The average Bonchev–Trinajstić information content (AvgIpc) is 2.33. The summed E-state index contributed by atoms with van der Waals surface area (Å²) in [5.41, 5.74) is 1.30. The van der Waals surface area contributed by atoms with Crippen LogP contribution in [0.2, 0.25) is 0 Å². The SMILES string of the molecule is O=CC1CCCCN1Cc1ccc(I)cc1. The number of piperidine rings is 1. The Kier molecular flexibility index (Phi) is 4.35. The minimum atomic E-state index is 0.132. The normalized spacial score (nSPS) is 21.9. The molecule has 1 saturated heterocycles. The molecule has 0 spiro atoms. The molecule has 1 unspecified atom stereocenters. The number of hydrogen-bond acceptors (Lipinski definition) is 2. The number of likely N-dealkylation sites (tertiary alicyclic amines) is 1. The largest absolute Gasteiger partial charge is 0.302 e. The van der Waals surface area contributed by atoms with Gasteiger partial charge in [-0.1, -0.05) is 18.6 Å². The summed E-state index contributed by atoms with van der Waals surface area (Å²) >= 11 is 2.31. The number of carbonyl (C=O) groups is 1. The summed E-state index contributed by atoms with van der Waals surface area (Å²) in [6, 6.07) is 8.68. The molecule has 0 aromatic heterocycles. The number of halogens is 1. The molecule has 0 bridgehead atoms. The van der Waals surface area contributed by atoms with E-state index in [4.69, 9.17) is 0 Å². The van der Waals surface area contributed by atoms with E-state index < -0.39 is 0 Å². The van der Waals surface area contributed by atoms with Crippen LogP contribution in [0.25, 0.3) is 0 Å². The summed E-state index contributed by atoms with van der Waals surface area (Å²) in [4.78, 5) is 13.3. The van der Waals surface area contributed by atoms with Gasteiger partial charge in [-0.3, -0.25) is 4.90 Å². The second-order valence-electron chi connectivity index (χ2n) is 4.30. The van der Waals surface area contributed by atoms with Crippen LogP contribution < -0.4 is 0 Å². The number of carbonyl (C=O) groups excluding carboxylic acids is 1. The van der Waals surface area contributed by atoms with Gasteiger partial charge in [0.2, 0.25) is 0 Å². The number of nitrogens with zero attached hydrogens (tertiary/aromatic N) is 1. The maximum atomic E-state index is 11.0. The minimum Gasteiger partial charge on any atom is -0.302 e. The summed E-state index contributed by atoms with van der Waals surface area (Å²) in [6.45, 7) is 1.95. The van der Waals surface area contributed by atoms with Gasteiger partial charge in [-0.2, -0.15) is 0 Å². The lowest BCUT2D eigenvalue weighted by Gasteiger charge is -2.32. The van der Waals surface area contributed by atoms with Crippen molar-refractivity contribution in [2.45, 2.75) is 31.8 Å². The van der Waals surface area contributed by atoms with Gasteiger partial charge in [-0.25, -0.2) is 0 Å². The van der Waals surface area contributed by atoms with Crippen LogP contribution in [-0.4, -0.2) is 23.8 Å². The molecule has 1 fully saturated rings. The molecule has 0 aliphatic carbocycles. The van der Waals surface area contributed by atoms with Gasteiger partial charge in [-0.05, 0) is 59.7 Å². The van der Waals surface area contributed by atoms with E-state index in [1.54, 1.807) is 0 Å². The molecule has 1 aliphatic heterocycles. The molecule has 1 aromatic carbocycles. The van der Waals surface area contributed by atoms with E-state index in [1.807, 2.05) is 0 Å². The topological polar surface area (TPSA) is 20.3 Å². The molecule has 0 amide bonds. The molecule has 3 heteroatoms. The lowest BCUT2D eigenvalue weighted by atomic mass is 10.0. The molecule has 1 aliphatic rings. The van der Waals surface area contributed by atoms with Gasteiger partial charge in [0, 0.05) is 10.1 Å². The maximum Gasteiger partial charge on any atom is 0.137 e. The van der Waals surface area contributed by atoms with Crippen LogP contribution in [0.15, 0.2) is 24.3 Å².